The predicted molar refractivity (Wildman–Crippen MR) is 82.6 cm³/mol. The number of rotatable bonds is 3. The number of halogens is 1. The summed E-state index contributed by atoms with van der Waals surface area (Å²) in [4.78, 5) is 17.7. The molecule has 22 heavy (non-hydrogen) atoms. The van der Waals surface area contributed by atoms with E-state index in [1.165, 1.54) is 7.11 Å². The predicted octanol–water partition coefficient (Wildman–Crippen LogP) is 3.13. The quantitative estimate of drug-likeness (QED) is 0.853. The number of aromatic nitrogens is 1. The van der Waals surface area contributed by atoms with Gasteiger partial charge in [-0.05, 0) is 20.8 Å². The lowest BCUT2D eigenvalue weighted by Gasteiger charge is -2.24. The molecule has 7 heteroatoms. The number of pyridine rings is 1. The van der Waals surface area contributed by atoms with Gasteiger partial charge in [-0.3, -0.25) is 0 Å². The number of hydrogen-bond donors (Lipinski definition) is 0. The summed E-state index contributed by atoms with van der Waals surface area (Å²) in [5, 5.41) is 0.391. The number of amides is 1. The molecule has 2 heterocycles. The molecule has 1 atom stereocenters. The van der Waals surface area contributed by atoms with Crippen molar-refractivity contribution < 1.29 is 19.0 Å². The Morgan fingerprint density at radius 1 is 1.45 bits per heavy atom. The summed E-state index contributed by atoms with van der Waals surface area (Å²) in [6.07, 6.45) is 1.88. The van der Waals surface area contributed by atoms with E-state index >= 15 is 0 Å². The molecular weight excluding hydrogens is 308 g/mol. The summed E-state index contributed by atoms with van der Waals surface area (Å²) >= 11 is 6.01. The Hall–Kier alpha value is -1.69. The zero-order valence-corrected chi connectivity index (χ0v) is 14.0. The van der Waals surface area contributed by atoms with Crippen LogP contribution in [0.2, 0.25) is 5.02 Å². The van der Waals surface area contributed by atoms with E-state index in [1.807, 2.05) is 20.8 Å². The van der Waals surface area contributed by atoms with Gasteiger partial charge in [-0.1, -0.05) is 11.6 Å². The lowest BCUT2D eigenvalue weighted by molar-refractivity contribution is 0.0275. The monoisotopic (exact) mass is 328 g/mol. The second-order valence-corrected chi connectivity index (χ2v) is 6.52. The summed E-state index contributed by atoms with van der Waals surface area (Å²) in [5.41, 5.74) is -0.497. The molecule has 6 nitrogen and oxygen atoms in total. The van der Waals surface area contributed by atoms with Crippen LogP contribution in [0, 0.1) is 0 Å². The van der Waals surface area contributed by atoms with Crippen LogP contribution in [0.4, 0.5) is 4.79 Å². The number of ether oxygens (including phenoxy) is 3. The van der Waals surface area contributed by atoms with Crippen molar-refractivity contribution in [1.29, 1.82) is 0 Å². The summed E-state index contributed by atoms with van der Waals surface area (Å²) in [5.74, 6) is 0.914. The maximum atomic E-state index is 12.0. The molecule has 1 aliphatic rings. The minimum atomic E-state index is -0.497. The minimum absolute atomic E-state index is 0.0984. The van der Waals surface area contributed by atoms with E-state index in [0.29, 0.717) is 29.7 Å². The van der Waals surface area contributed by atoms with Gasteiger partial charge in [0.05, 0.1) is 19.9 Å². The van der Waals surface area contributed by atoms with Crippen LogP contribution in [-0.2, 0) is 4.74 Å². The van der Waals surface area contributed by atoms with E-state index in [9.17, 15) is 4.79 Å². The van der Waals surface area contributed by atoms with E-state index in [0.717, 1.165) is 6.42 Å². The van der Waals surface area contributed by atoms with Gasteiger partial charge in [0, 0.05) is 19.0 Å². The SMILES string of the molecule is COc1ncc(O[C@H]2CCN(C(=O)OC(C)(C)C)C2)cc1Cl. The Labute approximate surface area is 135 Å². The fourth-order valence-electron chi connectivity index (χ4n) is 2.13. The molecule has 0 N–H and O–H groups in total. The molecule has 0 unspecified atom stereocenters. The molecule has 1 aromatic heterocycles. The summed E-state index contributed by atoms with van der Waals surface area (Å²) in [7, 11) is 1.50. The van der Waals surface area contributed by atoms with Gasteiger partial charge in [-0.25, -0.2) is 9.78 Å². The first-order chi connectivity index (χ1) is 10.3. The molecule has 1 aliphatic heterocycles. The first kappa shape index (κ1) is 16.7. The third-order valence-electron chi connectivity index (χ3n) is 3.08. The van der Waals surface area contributed by atoms with Crippen LogP contribution in [0.15, 0.2) is 12.3 Å². The highest BCUT2D eigenvalue weighted by molar-refractivity contribution is 6.31. The lowest BCUT2D eigenvalue weighted by atomic mass is 10.2. The van der Waals surface area contributed by atoms with Gasteiger partial charge >= 0.3 is 6.09 Å². The second-order valence-electron chi connectivity index (χ2n) is 6.12. The van der Waals surface area contributed by atoms with Crippen molar-refractivity contribution in [2.45, 2.75) is 38.9 Å². The van der Waals surface area contributed by atoms with Crippen LogP contribution in [0.3, 0.4) is 0 Å². The van der Waals surface area contributed by atoms with E-state index in [4.69, 9.17) is 25.8 Å². The normalized spacial score (nSPS) is 18.2. The molecule has 2 rings (SSSR count). The smallest absolute Gasteiger partial charge is 0.410 e. The van der Waals surface area contributed by atoms with E-state index in [2.05, 4.69) is 4.98 Å². The van der Waals surface area contributed by atoms with Gasteiger partial charge in [-0.2, -0.15) is 0 Å². The molecule has 0 aliphatic carbocycles. The van der Waals surface area contributed by atoms with Crippen molar-refractivity contribution in [2.75, 3.05) is 20.2 Å². The number of carbonyl (C=O) groups is 1. The standard InChI is InChI=1S/C15H21ClN2O4/c1-15(2,3)22-14(19)18-6-5-10(9-18)21-11-7-12(16)13(20-4)17-8-11/h7-8,10H,5-6,9H2,1-4H3/t10-/m0/s1. The van der Waals surface area contributed by atoms with Crippen molar-refractivity contribution in [3.8, 4) is 11.6 Å². The van der Waals surface area contributed by atoms with Crippen LogP contribution in [0.25, 0.3) is 0 Å². The van der Waals surface area contributed by atoms with Crippen LogP contribution in [0.5, 0.6) is 11.6 Å². The van der Waals surface area contributed by atoms with Crippen LogP contribution >= 0.6 is 11.6 Å². The maximum Gasteiger partial charge on any atom is 0.410 e. The zero-order chi connectivity index (χ0) is 16.3. The molecule has 0 aromatic carbocycles. The van der Waals surface area contributed by atoms with Gasteiger partial charge in [-0.15, -0.1) is 0 Å². The molecule has 0 spiro atoms. The largest absolute Gasteiger partial charge is 0.487 e. The zero-order valence-electron chi connectivity index (χ0n) is 13.3. The Kier molecular flexibility index (Phi) is 5.01. The average molecular weight is 329 g/mol. The van der Waals surface area contributed by atoms with Crippen molar-refractivity contribution in [2.24, 2.45) is 0 Å². The molecular formula is C15H21ClN2O4. The summed E-state index contributed by atoms with van der Waals surface area (Å²) in [6.45, 7) is 6.63. The second kappa shape index (κ2) is 6.60. The summed E-state index contributed by atoms with van der Waals surface area (Å²) in [6, 6.07) is 1.66. The first-order valence-electron chi connectivity index (χ1n) is 7.12. The van der Waals surface area contributed by atoms with E-state index < -0.39 is 5.60 Å². The number of hydrogen-bond acceptors (Lipinski definition) is 5. The maximum absolute atomic E-state index is 12.0. The van der Waals surface area contributed by atoms with Crippen LogP contribution in [-0.4, -0.2) is 47.9 Å². The molecule has 1 saturated heterocycles. The Bertz CT molecular complexity index is 545. The fourth-order valence-corrected chi connectivity index (χ4v) is 2.37. The Morgan fingerprint density at radius 2 is 2.18 bits per heavy atom. The minimum Gasteiger partial charge on any atom is -0.487 e. The van der Waals surface area contributed by atoms with Crippen molar-refractivity contribution in [3.05, 3.63) is 17.3 Å². The highest BCUT2D eigenvalue weighted by Crippen LogP contribution is 2.27. The van der Waals surface area contributed by atoms with Crippen LogP contribution in [0.1, 0.15) is 27.2 Å². The lowest BCUT2D eigenvalue weighted by Crippen LogP contribution is -2.36. The molecule has 0 saturated carbocycles. The number of nitrogens with zero attached hydrogens (tertiary/aromatic N) is 2. The number of methoxy groups -OCH3 is 1. The third kappa shape index (κ3) is 4.40. The first-order valence-corrected chi connectivity index (χ1v) is 7.50. The van der Waals surface area contributed by atoms with E-state index in [-0.39, 0.29) is 12.2 Å². The number of carbonyl (C=O) groups excluding carboxylic acids is 1. The molecule has 1 amide bonds. The van der Waals surface area contributed by atoms with Crippen molar-refractivity contribution in [1.82, 2.24) is 9.88 Å². The average Bonchev–Trinajstić information content (AvgIpc) is 2.85. The van der Waals surface area contributed by atoms with Gasteiger partial charge in [0.25, 0.3) is 0 Å². The van der Waals surface area contributed by atoms with Gasteiger partial charge in [0.1, 0.15) is 22.5 Å². The molecule has 0 bridgehead atoms. The third-order valence-corrected chi connectivity index (χ3v) is 3.35. The van der Waals surface area contributed by atoms with Gasteiger partial charge in [0.15, 0.2) is 0 Å². The molecule has 1 aromatic rings. The van der Waals surface area contributed by atoms with E-state index in [1.54, 1.807) is 17.2 Å². The fraction of sp³-hybridized carbons (Fsp3) is 0.600. The van der Waals surface area contributed by atoms with Crippen molar-refractivity contribution in [3.63, 3.8) is 0 Å². The molecule has 1 fully saturated rings. The highest BCUT2D eigenvalue weighted by Gasteiger charge is 2.31. The number of likely N-dealkylation sites (tertiary alicyclic amines) is 1. The highest BCUT2D eigenvalue weighted by atomic mass is 35.5. The molecule has 0 radical (unpaired) electrons. The Balaban J connectivity index is 1.91. The van der Waals surface area contributed by atoms with Crippen molar-refractivity contribution >= 4 is 17.7 Å². The van der Waals surface area contributed by atoms with Gasteiger partial charge < -0.3 is 19.1 Å². The molecule has 122 valence electrons. The van der Waals surface area contributed by atoms with Crippen LogP contribution < -0.4 is 9.47 Å². The summed E-state index contributed by atoms with van der Waals surface area (Å²) < 4.78 is 16.2. The topological polar surface area (TPSA) is 60.9 Å². The van der Waals surface area contributed by atoms with Gasteiger partial charge in [0.2, 0.25) is 5.88 Å². The Morgan fingerprint density at radius 3 is 2.77 bits per heavy atom.